The maximum absolute atomic E-state index is 6.28. The highest BCUT2D eigenvalue weighted by Crippen LogP contribution is 2.34. The molecule has 0 saturated carbocycles. The Labute approximate surface area is 131 Å². The molecule has 0 spiro atoms. The molecule has 1 aliphatic rings. The van der Waals surface area contributed by atoms with Gasteiger partial charge in [0.15, 0.2) is 5.82 Å². The topological polar surface area (TPSA) is 42.2 Å². The normalized spacial score (nSPS) is 17.0. The van der Waals surface area contributed by atoms with Crippen LogP contribution in [0.15, 0.2) is 21.1 Å². The summed E-state index contributed by atoms with van der Waals surface area (Å²) in [6, 6.07) is 4.06. The molecule has 0 fully saturated rings. The van der Waals surface area contributed by atoms with Gasteiger partial charge in [0.1, 0.15) is 0 Å². The van der Waals surface area contributed by atoms with Crippen LogP contribution in [0.1, 0.15) is 35.8 Å². The van der Waals surface area contributed by atoms with E-state index in [9.17, 15) is 0 Å². The zero-order valence-electron chi connectivity index (χ0n) is 11.4. The third-order valence-electron chi connectivity index (χ3n) is 3.78. The van der Waals surface area contributed by atoms with Crippen LogP contribution in [-0.4, -0.2) is 21.6 Å². The van der Waals surface area contributed by atoms with Gasteiger partial charge >= 0.3 is 0 Å². The van der Waals surface area contributed by atoms with Crippen molar-refractivity contribution in [3.63, 3.8) is 0 Å². The van der Waals surface area contributed by atoms with Crippen molar-refractivity contribution in [3.05, 3.63) is 44.5 Å². The second-order valence-electron chi connectivity index (χ2n) is 5.06. The number of halogens is 2. The molecule has 0 radical (unpaired) electrons. The molecule has 0 bridgehead atoms. The lowest BCUT2D eigenvalue weighted by Crippen LogP contribution is -2.33. The summed E-state index contributed by atoms with van der Waals surface area (Å²) in [7, 11) is 0. The van der Waals surface area contributed by atoms with Gasteiger partial charge in [-0.3, -0.25) is 4.90 Å². The Morgan fingerprint density at radius 3 is 2.90 bits per heavy atom. The van der Waals surface area contributed by atoms with E-state index in [1.54, 1.807) is 0 Å². The van der Waals surface area contributed by atoms with Crippen LogP contribution >= 0.6 is 27.5 Å². The number of fused-ring (bicyclic) bond motifs is 1. The molecule has 1 aromatic carbocycles. The Balaban J connectivity index is 1.87. The molecule has 1 aromatic heterocycles. The summed E-state index contributed by atoms with van der Waals surface area (Å²) in [5, 5.41) is 4.72. The molecule has 1 atom stereocenters. The molecule has 2 aromatic rings. The number of rotatable bonds is 2. The molecule has 0 saturated heterocycles. The van der Waals surface area contributed by atoms with Gasteiger partial charge in [0.25, 0.3) is 0 Å². The number of benzene rings is 1. The van der Waals surface area contributed by atoms with E-state index in [0.717, 1.165) is 29.0 Å². The Morgan fingerprint density at radius 1 is 1.40 bits per heavy atom. The van der Waals surface area contributed by atoms with Crippen molar-refractivity contribution in [1.29, 1.82) is 0 Å². The van der Waals surface area contributed by atoms with Crippen molar-refractivity contribution >= 4 is 27.5 Å². The molecule has 1 aliphatic heterocycles. The van der Waals surface area contributed by atoms with Crippen LogP contribution in [0.4, 0.5) is 0 Å². The Bertz CT molecular complexity index is 643. The largest absolute Gasteiger partial charge is 0.338 e. The summed E-state index contributed by atoms with van der Waals surface area (Å²) in [6.07, 6.45) is 0.936. The molecule has 1 unspecified atom stereocenters. The Kier molecular flexibility index (Phi) is 3.84. The summed E-state index contributed by atoms with van der Waals surface area (Å²) in [5.41, 5.74) is 2.50. The highest BCUT2D eigenvalue weighted by Gasteiger charge is 2.27. The predicted octanol–water partition coefficient (Wildman–Crippen LogP) is 3.91. The van der Waals surface area contributed by atoms with Crippen molar-refractivity contribution in [3.8, 4) is 0 Å². The molecular formula is C14H15BrClN3O. The summed E-state index contributed by atoms with van der Waals surface area (Å²) in [5.74, 6) is 1.34. The third-order valence-corrected chi connectivity index (χ3v) is 4.87. The number of nitrogens with zero attached hydrogens (tertiary/aromatic N) is 3. The lowest BCUT2D eigenvalue weighted by molar-refractivity contribution is 0.157. The van der Waals surface area contributed by atoms with Gasteiger partial charge in [-0.15, -0.1) is 0 Å². The standard InChI is InChI=1S/C14H15BrClN3O/c1-8(14-17-9(2)18-20-14)19-6-5-10-11(7-19)12(15)3-4-13(10)16/h3-4,8H,5-7H2,1-2H3. The molecule has 0 aliphatic carbocycles. The zero-order valence-corrected chi connectivity index (χ0v) is 13.7. The lowest BCUT2D eigenvalue weighted by Gasteiger charge is -2.32. The smallest absolute Gasteiger partial charge is 0.243 e. The van der Waals surface area contributed by atoms with Gasteiger partial charge in [0.2, 0.25) is 5.89 Å². The average Bonchev–Trinajstić information content (AvgIpc) is 2.88. The molecular weight excluding hydrogens is 342 g/mol. The van der Waals surface area contributed by atoms with Crippen LogP contribution in [0.5, 0.6) is 0 Å². The Morgan fingerprint density at radius 2 is 2.20 bits per heavy atom. The highest BCUT2D eigenvalue weighted by atomic mass is 79.9. The lowest BCUT2D eigenvalue weighted by atomic mass is 9.98. The second kappa shape index (κ2) is 5.47. The van der Waals surface area contributed by atoms with Gasteiger partial charge in [0, 0.05) is 22.6 Å². The van der Waals surface area contributed by atoms with Crippen LogP contribution in [0.25, 0.3) is 0 Å². The van der Waals surface area contributed by atoms with E-state index < -0.39 is 0 Å². The van der Waals surface area contributed by atoms with Crippen LogP contribution in [-0.2, 0) is 13.0 Å². The number of hydrogen-bond acceptors (Lipinski definition) is 4. The van der Waals surface area contributed by atoms with Crippen molar-refractivity contribution < 1.29 is 4.52 Å². The molecule has 106 valence electrons. The summed E-state index contributed by atoms with van der Waals surface area (Å²) >= 11 is 9.90. The number of hydrogen-bond donors (Lipinski definition) is 0. The van der Waals surface area contributed by atoms with Crippen molar-refractivity contribution in [1.82, 2.24) is 15.0 Å². The molecule has 20 heavy (non-hydrogen) atoms. The van der Waals surface area contributed by atoms with E-state index in [1.807, 2.05) is 19.1 Å². The zero-order chi connectivity index (χ0) is 14.3. The van der Waals surface area contributed by atoms with E-state index in [-0.39, 0.29) is 6.04 Å². The molecule has 0 amide bonds. The van der Waals surface area contributed by atoms with Crippen LogP contribution in [0.3, 0.4) is 0 Å². The molecule has 4 nitrogen and oxygen atoms in total. The maximum atomic E-state index is 6.28. The van der Waals surface area contributed by atoms with Crippen molar-refractivity contribution in [2.45, 2.75) is 32.9 Å². The predicted molar refractivity (Wildman–Crippen MR) is 80.7 cm³/mol. The van der Waals surface area contributed by atoms with E-state index >= 15 is 0 Å². The third kappa shape index (κ3) is 2.50. The van der Waals surface area contributed by atoms with Gasteiger partial charge in [-0.1, -0.05) is 32.7 Å². The maximum Gasteiger partial charge on any atom is 0.243 e. The molecule has 3 rings (SSSR count). The first-order chi connectivity index (χ1) is 9.56. The summed E-state index contributed by atoms with van der Waals surface area (Å²) < 4.78 is 6.39. The molecule has 0 N–H and O–H groups in total. The number of aromatic nitrogens is 2. The second-order valence-corrected chi connectivity index (χ2v) is 6.32. The summed E-state index contributed by atoms with van der Waals surface area (Å²) in [6.45, 7) is 5.70. The van der Waals surface area contributed by atoms with E-state index in [4.69, 9.17) is 16.1 Å². The van der Waals surface area contributed by atoms with Crippen LogP contribution in [0.2, 0.25) is 5.02 Å². The first-order valence-electron chi connectivity index (χ1n) is 6.56. The fourth-order valence-electron chi connectivity index (χ4n) is 2.58. The highest BCUT2D eigenvalue weighted by molar-refractivity contribution is 9.10. The first-order valence-corrected chi connectivity index (χ1v) is 7.73. The van der Waals surface area contributed by atoms with Crippen molar-refractivity contribution in [2.24, 2.45) is 0 Å². The van der Waals surface area contributed by atoms with E-state index in [0.29, 0.717) is 11.7 Å². The first kappa shape index (κ1) is 14.0. The van der Waals surface area contributed by atoms with Gasteiger partial charge in [0.05, 0.1) is 6.04 Å². The fraction of sp³-hybridized carbons (Fsp3) is 0.429. The van der Waals surface area contributed by atoms with Crippen LogP contribution in [0, 0.1) is 6.92 Å². The number of aryl methyl sites for hydroxylation is 1. The molecule has 2 heterocycles. The monoisotopic (exact) mass is 355 g/mol. The summed E-state index contributed by atoms with van der Waals surface area (Å²) in [4.78, 5) is 6.65. The van der Waals surface area contributed by atoms with E-state index in [1.165, 1.54) is 11.1 Å². The quantitative estimate of drug-likeness (QED) is 0.818. The van der Waals surface area contributed by atoms with Gasteiger partial charge in [-0.2, -0.15) is 4.98 Å². The van der Waals surface area contributed by atoms with Gasteiger partial charge in [-0.05, 0) is 43.5 Å². The minimum absolute atomic E-state index is 0.107. The van der Waals surface area contributed by atoms with E-state index in [2.05, 4.69) is 37.9 Å². The fourth-order valence-corrected chi connectivity index (χ4v) is 3.35. The molecule has 6 heteroatoms. The van der Waals surface area contributed by atoms with Gasteiger partial charge < -0.3 is 4.52 Å². The minimum Gasteiger partial charge on any atom is -0.338 e. The average molecular weight is 357 g/mol. The minimum atomic E-state index is 0.107. The van der Waals surface area contributed by atoms with Crippen LogP contribution < -0.4 is 0 Å². The van der Waals surface area contributed by atoms with Crippen molar-refractivity contribution in [2.75, 3.05) is 6.54 Å². The Hall–Kier alpha value is -0.910. The van der Waals surface area contributed by atoms with Gasteiger partial charge in [-0.25, -0.2) is 0 Å². The SMILES string of the molecule is Cc1noc(C(C)N2CCc3c(Cl)ccc(Br)c3C2)n1.